The molecule has 0 aliphatic carbocycles. The van der Waals surface area contributed by atoms with E-state index in [0.717, 1.165) is 6.04 Å². The molecule has 0 amide bonds. The summed E-state index contributed by atoms with van der Waals surface area (Å²) < 4.78 is 43.7. The zero-order valence-corrected chi connectivity index (χ0v) is 21.0. The molecule has 3 aromatic rings. The van der Waals surface area contributed by atoms with Crippen LogP contribution >= 0.6 is 11.6 Å². The van der Waals surface area contributed by atoms with Gasteiger partial charge in [-0.2, -0.15) is 13.9 Å². The quantitative estimate of drug-likeness (QED) is 0.284. The molecule has 0 saturated carbocycles. The third kappa shape index (κ3) is 6.13. The number of hydrogen-bond acceptors (Lipinski definition) is 5. The van der Waals surface area contributed by atoms with Crippen LogP contribution in [0.1, 0.15) is 13.8 Å². The molecule has 33 heavy (non-hydrogen) atoms. The van der Waals surface area contributed by atoms with Gasteiger partial charge in [-0.15, -0.1) is 0 Å². The van der Waals surface area contributed by atoms with Crippen LogP contribution in [0.4, 0.5) is 8.78 Å². The van der Waals surface area contributed by atoms with Crippen molar-refractivity contribution in [2.45, 2.75) is 59.0 Å². The Hall–Kier alpha value is -2.43. The SMILES string of the molecule is CC(C)Oc1cc(-c2c(Cl)c3c(=O)[nH]ncc3n2COCC[Si](C)(C)C)ccc1OC(F)F. The van der Waals surface area contributed by atoms with Crippen molar-refractivity contribution in [3.8, 4) is 22.8 Å². The molecule has 7 nitrogen and oxygen atoms in total. The Morgan fingerprint density at radius 2 is 1.91 bits per heavy atom. The molecule has 3 rings (SSSR count). The number of aromatic amines is 1. The number of rotatable bonds is 10. The van der Waals surface area contributed by atoms with Gasteiger partial charge in [0.05, 0.1) is 33.9 Å². The van der Waals surface area contributed by atoms with Gasteiger partial charge in [0.25, 0.3) is 5.56 Å². The van der Waals surface area contributed by atoms with Crippen molar-refractivity contribution in [2.24, 2.45) is 0 Å². The topological polar surface area (TPSA) is 78.4 Å². The minimum atomic E-state index is -3.00. The monoisotopic (exact) mass is 499 g/mol. The Morgan fingerprint density at radius 1 is 1.18 bits per heavy atom. The summed E-state index contributed by atoms with van der Waals surface area (Å²) in [4.78, 5) is 12.5. The number of ether oxygens (including phenoxy) is 3. The zero-order chi connectivity index (χ0) is 24.3. The second-order valence-corrected chi connectivity index (χ2v) is 15.1. The third-order valence-electron chi connectivity index (χ3n) is 4.84. The molecule has 0 radical (unpaired) electrons. The second-order valence-electron chi connectivity index (χ2n) is 9.10. The molecule has 0 fully saturated rings. The van der Waals surface area contributed by atoms with Gasteiger partial charge >= 0.3 is 6.61 Å². The largest absolute Gasteiger partial charge is 0.487 e. The lowest BCUT2D eigenvalue weighted by atomic mass is 10.1. The van der Waals surface area contributed by atoms with E-state index in [0.29, 0.717) is 23.4 Å². The number of nitrogens with zero attached hydrogens (tertiary/aromatic N) is 2. The molecule has 0 saturated heterocycles. The van der Waals surface area contributed by atoms with Crippen molar-refractivity contribution >= 4 is 30.6 Å². The minimum Gasteiger partial charge on any atom is -0.487 e. The number of halogens is 3. The van der Waals surface area contributed by atoms with Crippen LogP contribution < -0.4 is 15.0 Å². The maximum Gasteiger partial charge on any atom is 0.387 e. The van der Waals surface area contributed by atoms with E-state index in [9.17, 15) is 13.6 Å². The minimum absolute atomic E-state index is 0.0906. The van der Waals surface area contributed by atoms with Crippen LogP contribution in [-0.4, -0.2) is 42.2 Å². The highest BCUT2D eigenvalue weighted by atomic mass is 35.5. The smallest absolute Gasteiger partial charge is 0.387 e. The summed E-state index contributed by atoms with van der Waals surface area (Å²) in [7, 11) is -1.29. The average Bonchev–Trinajstić information content (AvgIpc) is 2.98. The van der Waals surface area contributed by atoms with Crippen molar-refractivity contribution in [3.63, 3.8) is 0 Å². The van der Waals surface area contributed by atoms with E-state index < -0.39 is 20.2 Å². The fourth-order valence-electron chi connectivity index (χ4n) is 3.31. The number of H-pyrrole nitrogens is 1. The maximum absolute atomic E-state index is 12.9. The number of alkyl halides is 2. The van der Waals surface area contributed by atoms with Crippen molar-refractivity contribution < 1.29 is 23.0 Å². The molecule has 0 unspecified atom stereocenters. The first-order chi connectivity index (χ1) is 15.5. The molecule has 1 N–H and O–H groups in total. The van der Waals surface area contributed by atoms with Crippen LogP contribution in [0.3, 0.4) is 0 Å². The van der Waals surface area contributed by atoms with Crippen LogP contribution in [-0.2, 0) is 11.5 Å². The second kappa shape index (κ2) is 10.2. The van der Waals surface area contributed by atoms with Gasteiger partial charge < -0.3 is 18.8 Å². The Morgan fingerprint density at radius 3 is 2.55 bits per heavy atom. The molecule has 0 spiro atoms. The van der Waals surface area contributed by atoms with E-state index in [1.54, 1.807) is 30.5 Å². The van der Waals surface area contributed by atoms with E-state index in [-0.39, 0.29) is 34.7 Å². The van der Waals surface area contributed by atoms with E-state index >= 15 is 0 Å². The van der Waals surface area contributed by atoms with E-state index in [1.807, 2.05) is 0 Å². The average molecular weight is 500 g/mol. The zero-order valence-electron chi connectivity index (χ0n) is 19.2. The number of aromatic nitrogens is 3. The van der Waals surface area contributed by atoms with Crippen LogP contribution in [0, 0.1) is 0 Å². The summed E-state index contributed by atoms with van der Waals surface area (Å²) in [5.41, 5.74) is 1.12. The van der Waals surface area contributed by atoms with E-state index in [2.05, 4.69) is 34.6 Å². The van der Waals surface area contributed by atoms with Gasteiger partial charge in [-0.25, -0.2) is 5.10 Å². The van der Waals surface area contributed by atoms with Crippen LogP contribution in [0.25, 0.3) is 22.2 Å². The number of hydrogen-bond donors (Lipinski definition) is 1. The fourth-order valence-corrected chi connectivity index (χ4v) is 4.46. The van der Waals surface area contributed by atoms with Gasteiger partial charge in [0.1, 0.15) is 6.73 Å². The van der Waals surface area contributed by atoms with Crippen LogP contribution in [0.15, 0.2) is 29.2 Å². The summed E-state index contributed by atoms with van der Waals surface area (Å²) >= 11 is 6.66. The van der Waals surface area contributed by atoms with E-state index in [1.165, 1.54) is 12.3 Å². The Balaban J connectivity index is 2.10. The third-order valence-corrected chi connectivity index (χ3v) is 6.91. The highest BCUT2D eigenvalue weighted by molar-refractivity contribution is 6.76. The molecule has 1 aromatic carbocycles. The van der Waals surface area contributed by atoms with Gasteiger partial charge in [-0.3, -0.25) is 4.79 Å². The molecular formula is C22H28ClF2N3O4Si. The molecule has 2 aromatic heterocycles. The lowest BCUT2D eigenvalue weighted by Crippen LogP contribution is -2.22. The summed E-state index contributed by atoms with van der Waals surface area (Å²) in [6, 6.07) is 5.52. The van der Waals surface area contributed by atoms with Crippen molar-refractivity contribution in [1.82, 2.24) is 14.8 Å². The van der Waals surface area contributed by atoms with Gasteiger partial charge in [0.15, 0.2) is 11.5 Å². The Bertz CT molecular complexity index is 1170. The summed E-state index contributed by atoms with van der Waals surface area (Å²) in [5, 5.41) is 6.78. The predicted molar refractivity (Wildman–Crippen MR) is 127 cm³/mol. The summed E-state index contributed by atoms with van der Waals surface area (Å²) in [5.74, 6) is 0.0505. The molecule has 0 atom stereocenters. The van der Waals surface area contributed by atoms with Gasteiger partial charge in [-0.1, -0.05) is 31.2 Å². The van der Waals surface area contributed by atoms with Crippen molar-refractivity contribution in [3.05, 3.63) is 39.8 Å². The molecular weight excluding hydrogens is 472 g/mol. The highest BCUT2D eigenvalue weighted by Crippen LogP contribution is 2.40. The first kappa shape index (κ1) is 25.2. The summed E-state index contributed by atoms with van der Waals surface area (Å²) in [6.45, 7) is 8.03. The van der Waals surface area contributed by atoms with Crippen molar-refractivity contribution in [1.29, 1.82) is 0 Å². The molecule has 0 aliphatic rings. The standard InChI is InChI=1S/C22H28ClF2N3O4Si/c1-13(2)31-17-10-14(6-7-16(17)32-22(24)25)20-19(23)18-15(11-26-27-21(18)29)28(20)12-30-8-9-33(3,4)5/h6-7,10-11,13,22H,8-9,12H2,1-5H3,(H,27,29). The molecule has 0 aliphatic heterocycles. The van der Waals surface area contributed by atoms with Gasteiger partial charge in [-0.05, 0) is 38.1 Å². The summed E-state index contributed by atoms with van der Waals surface area (Å²) in [6.07, 6.45) is 1.23. The number of nitrogens with one attached hydrogen (secondary N) is 1. The Kier molecular flexibility index (Phi) is 7.81. The highest BCUT2D eigenvalue weighted by Gasteiger charge is 2.23. The van der Waals surface area contributed by atoms with Crippen molar-refractivity contribution in [2.75, 3.05) is 6.61 Å². The molecule has 11 heteroatoms. The molecule has 180 valence electrons. The number of fused-ring (bicyclic) bond motifs is 1. The van der Waals surface area contributed by atoms with Crippen LogP contribution in [0.5, 0.6) is 11.5 Å². The Labute approximate surface area is 196 Å². The first-order valence-electron chi connectivity index (χ1n) is 10.6. The predicted octanol–water partition coefficient (Wildman–Crippen LogP) is 5.75. The fraction of sp³-hybridized carbons (Fsp3) is 0.455. The lowest BCUT2D eigenvalue weighted by molar-refractivity contribution is -0.0518. The lowest BCUT2D eigenvalue weighted by Gasteiger charge is -2.18. The first-order valence-corrected chi connectivity index (χ1v) is 14.7. The maximum atomic E-state index is 12.9. The number of benzene rings is 1. The molecule has 0 bridgehead atoms. The van der Waals surface area contributed by atoms with Gasteiger partial charge in [0, 0.05) is 20.2 Å². The van der Waals surface area contributed by atoms with Gasteiger partial charge in [0.2, 0.25) is 0 Å². The van der Waals surface area contributed by atoms with Crippen LogP contribution in [0.2, 0.25) is 30.7 Å². The van der Waals surface area contributed by atoms with E-state index in [4.69, 9.17) is 21.1 Å². The normalized spacial score (nSPS) is 12.2. The molecule has 2 heterocycles.